The van der Waals surface area contributed by atoms with E-state index in [1.165, 1.54) is 0 Å². The van der Waals surface area contributed by atoms with Gasteiger partial charge in [-0.1, -0.05) is 0 Å². The van der Waals surface area contributed by atoms with Crippen LogP contribution in [0.2, 0.25) is 0 Å². The predicted molar refractivity (Wildman–Crippen MR) is 78.7 cm³/mol. The lowest BCUT2D eigenvalue weighted by Gasteiger charge is -2.07. The molecule has 0 aromatic heterocycles. The molecule has 2 rings (SSSR count). The molecule has 2 aromatic rings. The van der Waals surface area contributed by atoms with E-state index in [-0.39, 0.29) is 16.6 Å². The Bertz CT molecular complexity index is 632. The number of halogens is 2. The number of carbonyl (C=O) groups is 1. The molecule has 6 heteroatoms. The van der Waals surface area contributed by atoms with Crippen molar-refractivity contribution >= 4 is 23.4 Å². The van der Waals surface area contributed by atoms with Crippen molar-refractivity contribution in [2.45, 2.75) is 4.90 Å². The number of nitrogens with one attached hydrogen (secondary N) is 1. The normalized spacial score (nSPS) is 10.2. The average Bonchev–Trinajstić information content (AvgIpc) is 2.49. The quantitative estimate of drug-likeness (QED) is 0.856. The Morgan fingerprint density at radius 3 is 2.57 bits per heavy atom. The van der Waals surface area contributed by atoms with Gasteiger partial charge >= 0.3 is 0 Å². The van der Waals surface area contributed by atoms with Crippen molar-refractivity contribution in [2.24, 2.45) is 0 Å². The Kier molecular flexibility index (Phi) is 5.16. The SMILES string of the molecule is COc1ccc(NC(=O)CSc2cc(F)ccc2F)cc1. The Labute approximate surface area is 125 Å². The van der Waals surface area contributed by atoms with Crippen molar-refractivity contribution < 1.29 is 18.3 Å². The molecule has 0 saturated carbocycles. The second-order valence-corrected chi connectivity index (χ2v) is 5.16. The molecular weight excluding hydrogens is 296 g/mol. The second-order valence-electron chi connectivity index (χ2n) is 4.14. The van der Waals surface area contributed by atoms with Crippen LogP contribution in [0.5, 0.6) is 5.75 Å². The van der Waals surface area contributed by atoms with Crippen LogP contribution in [0.1, 0.15) is 0 Å². The van der Waals surface area contributed by atoms with E-state index in [4.69, 9.17) is 4.74 Å². The Morgan fingerprint density at radius 2 is 1.90 bits per heavy atom. The molecule has 0 aliphatic carbocycles. The molecule has 0 spiro atoms. The molecule has 0 atom stereocenters. The molecule has 0 saturated heterocycles. The summed E-state index contributed by atoms with van der Waals surface area (Å²) < 4.78 is 31.4. The van der Waals surface area contributed by atoms with Gasteiger partial charge in [0.15, 0.2) is 0 Å². The molecule has 1 N–H and O–H groups in total. The van der Waals surface area contributed by atoms with E-state index < -0.39 is 11.6 Å². The summed E-state index contributed by atoms with van der Waals surface area (Å²) in [5.41, 5.74) is 0.612. The Hall–Kier alpha value is -2.08. The maximum absolute atomic E-state index is 13.4. The second kappa shape index (κ2) is 7.08. The first kappa shape index (κ1) is 15.3. The van der Waals surface area contributed by atoms with E-state index in [0.717, 1.165) is 30.0 Å². The summed E-state index contributed by atoms with van der Waals surface area (Å²) in [7, 11) is 1.55. The molecule has 0 radical (unpaired) electrons. The van der Waals surface area contributed by atoms with Crippen LogP contribution in [-0.4, -0.2) is 18.8 Å². The summed E-state index contributed by atoms with van der Waals surface area (Å²) in [4.78, 5) is 11.9. The van der Waals surface area contributed by atoms with E-state index in [9.17, 15) is 13.6 Å². The van der Waals surface area contributed by atoms with Gasteiger partial charge < -0.3 is 10.1 Å². The molecule has 21 heavy (non-hydrogen) atoms. The minimum Gasteiger partial charge on any atom is -0.497 e. The highest BCUT2D eigenvalue weighted by Gasteiger charge is 2.08. The first-order chi connectivity index (χ1) is 10.1. The third kappa shape index (κ3) is 4.46. The summed E-state index contributed by atoms with van der Waals surface area (Å²) in [5.74, 6) is -0.696. The molecule has 2 aromatic carbocycles. The van der Waals surface area contributed by atoms with Gasteiger partial charge in [0, 0.05) is 10.6 Å². The van der Waals surface area contributed by atoms with Crippen molar-refractivity contribution in [1.29, 1.82) is 0 Å². The molecule has 3 nitrogen and oxygen atoms in total. The summed E-state index contributed by atoms with van der Waals surface area (Å²) in [5, 5.41) is 2.67. The van der Waals surface area contributed by atoms with Gasteiger partial charge in [0.2, 0.25) is 5.91 Å². The Balaban J connectivity index is 1.91. The van der Waals surface area contributed by atoms with E-state index in [2.05, 4.69) is 5.32 Å². The lowest BCUT2D eigenvalue weighted by atomic mass is 10.3. The topological polar surface area (TPSA) is 38.3 Å². The molecule has 0 aliphatic heterocycles. The lowest BCUT2D eigenvalue weighted by Crippen LogP contribution is -2.14. The number of hydrogen-bond donors (Lipinski definition) is 1. The molecule has 0 fully saturated rings. The minimum absolute atomic E-state index is 0.00754. The summed E-state index contributed by atoms with van der Waals surface area (Å²) >= 11 is 0.944. The number of anilines is 1. The average molecular weight is 309 g/mol. The van der Waals surface area contributed by atoms with Crippen LogP contribution in [-0.2, 0) is 4.79 Å². The molecular formula is C15H13F2NO2S. The van der Waals surface area contributed by atoms with Gasteiger partial charge in [0.1, 0.15) is 17.4 Å². The molecule has 0 aliphatic rings. The number of carbonyl (C=O) groups excluding carboxylic acids is 1. The molecule has 1 amide bonds. The Morgan fingerprint density at radius 1 is 1.19 bits per heavy atom. The van der Waals surface area contributed by atoms with Crippen molar-refractivity contribution in [1.82, 2.24) is 0 Å². The van der Waals surface area contributed by atoms with Gasteiger partial charge in [-0.2, -0.15) is 0 Å². The number of thioether (sulfide) groups is 1. The predicted octanol–water partition coefficient (Wildman–Crippen LogP) is 3.70. The van der Waals surface area contributed by atoms with Gasteiger partial charge in [-0.15, -0.1) is 11.8 Å². The molecule has 0 unspecified atom stereocenters. The highest BCUT2D eigenvalue weighted by atomic mass is 32.2. The number of methoxy groups -OCH3 is 1. The summed E-state index contributed by atoms with van der Waals surface area (Å²) in [6.07, 6.45) is 0. The van der Waals surface area contributed by atoms with Crippen LogP contribution in [0.15, 0.2) is 47.4 Å². The largest absolute Gasteiger partial charge is 0.497 e. The van der Waals surface area contributed by atoms with Gasteiger partial charge in [0.25, 0.3) is 0 Å². The van der Waals surface area contributed by atoms with Crippen LogP contribution in [0.4, 0.5) is 14.5 Å². The highest BCUT2D eigenvalue weighted by molar-refractivity contribution is 8.00. The fraction of sp³-hybridized carbons (Fsp3) is 0.133. The zero-order valence-electron chi connectivity index (χ0n) is 11.2. The molecule has 0 heterocycles. The molecule has 0 bridgehead atoms. The highest BCUT2D eigenvalue weighted by Crippen LogP contribution is 2.23. The number of ether oxygens (including phenoxy) is 1. The van der Waals surface area contributed by atoms with Crippen molar-refractivity contribution in [2.75, 3.05) is 18.2 Å². The van der Waals surface area contributed by atoms with E-state index in [1.807, 2.05) is 0 Å². The first-order valence-electron chi connectivity index (χ1n) is 6.10. The monoisotopic (exact) mass is 309 g/mol. The summed E-state index contributed by atoms with van der Waals surface area (Å²) in [6, 6.07) is 9.98. The third-order valence-electron chi connectivity index (χ3n) is 2.63. The maximum Gasteiger partial charge on any atom is 0.234 e. The van der Waals surface area contributed by atoms with Crippen molar-refractivity contribution in [3.63, 3.8) is 0 Å². The van der Waals surface area contributed by atoms with Gasteiger partial charge in [0.05, 0.1) is 12.9 Å². The van der Waals surface area contributed by atoms with E-state index >= 15 is 0 Å². The van der Waals surface area contributed by atoms with Crippen molar-refractivity contribution in [3.05, 3.63) is 54.1 Å². The van der Waals surface area contributed by atoms with Gasteiger partial charge in [-0.05, 0) is 42.5 Å². The van der Waals surface area contributed by atoms with Crippen LogP contribution in [0, 0.1) is 11.6 Å². The van der Waals surface area contributed by atoms with Crippen LogP contribution in [0.25, 0.3) is 0 Å². The smallest absolute Gasteiger partial charge is 0.234 e. The van der Waals surface area contributed by atoms with Crippen LogP contribution >= 0.6 is 11.8 Å². The fourth-order valence-electron chi connectivity index (χ4n) is 1.60. The van der Waals surface area contributed by atoms with Crippen LogP contribution in [0.3, 0.4) is 0 Å². The van der Waals surface area contributed by atoms with Gasteiger partial charge in [-0.25, -0.2) is 8.78 Å². The van der Waals surface area contributed by atoms with E-state index in [0.29, 0.717) is 11.4 Å². The summed E-state index contributed by atoms with van der Waals surface area (Å²) in [6.45, 7) is 0. The zero-order chi connectivity index (χ0) is 15.2. The zero-order valence-corrected chi connectivity index (χ0v) is 12.0. The van der Waals surface area contributed by atoms with Crippen LogP contribution < -0.4 is 10.1 Å². The first-order valence-corrected chi connectivity index (χ1v) is 7.09. The molecule has 110 valence electrons. The third-order valence-corrected chi connectivity index (χ3v) is 3.66. The number of hydrogen-bond acceptors (Lipinski definition) is 3. The standard InChI is InChI=1S/C15H13F2NO2S/c1-20-12-5-3-11(4-6-12)18-15(19)9-21-14-8-10(16)2-7-13(14)17/h2-8H,9H2,1H3,(H,18,19). The fourth-order valence-corrected chi connectivity index (χ4v) is 2.36. The van der Waals surface area contributed by atoms with Gasteiger partial charge in [-0.3, -0.25) is 4.79 Å². The minimum atomic E-state index is -0.543. The maximum atomic E-state index is 13.4. The van der Waals surface area contributed by atoms with Crippen molar-refractivity contribution in [3.8, 4) is 5.75 Å². The lowest BCUT2D eigenvalue weighted by molar-refractivity contribution is -0.113. The number of rotatable bonds is 5. The number of benzene rings is 2. The number of amides is 1. The van der Waals surface area contributed by atoms with E-state index in [1.54, 1.807) is 31.4 Å².